The summed E-state index contributed by atoms with van der Waals surface area (Å²) in [6.45, 7) is 0. The molecule has 68 valence electrons. The van der Waals surface area contributed by atoms with E-state index in [-0.39, 0.29) is 5.82 Å². The third-order valence-electron chi connectivity index (χ3n) is 1.81. The molecule has 0 amide bonds. The summed E-state index contributed by atoms with van der Waals surface area (Å²) in [4.78, 5) is 0. The van der Waals surface area contributed by atoms with Gasteiger partial charge in [0.2, 0.25) is 0 Å². The maximum Gasteiger partial charge on any atom is 0.150 e. The molecule has 0 saturated carbocycles. The van der Waals surface area contributed by atoms with E-state index in [4.69, 9.17) is 0 Å². The molecule has 5 heteroatoms. The minimum atomic E-state index is -0.234. The van der Waals surface area contributed by atoms with E-state index >= 15 is 0 Å². The molecule has 1 aromatic carbocycles. The zero-order chi connectivity index (χ0) is 9.59. The number of fused-ring (bicyclic) bond motifs is 1. The first-order valence-corrected chi connectivity index (χ1v) is 5.44. The van der Waals surface area contributed by atoms with Crippen molar-refractivity contribution in [1.29, 1.82) is 0 Å². The lowest BCUT2D eigenvalue weighted by Crippen LogP contribution is -1.92. The van der Waals surface area contributed by atoms with Gasteiger partial charge in [0.15, 0.2) is 0 Å². The second-order valence-corrected chi connectivity index (χ2v) is 4.69. The molecule has 0 radical (unpaired) electrons. The number of halogens is 3. The van der Waals surface area contributed by atoms with Crippen molar-refractivity contribution in [3.05, 3.63) is 26.1 Å². The Balaban J connectivity index is 2.97. The number of benzene rings is 1. The van der Waals surface area contributed by atoms with Gasteiger partial charge in [-0.25, -0.2) is 4.39 Å². The third-order valence-corrected chi connectivity index (χ3v) is 3.02. The van der Waals surface area contributed by atoms with Gasteiger partial charge in [-0.1, -0.05) is 0 Å². The lowest BCUT2D eigenvalue weighted by Gasteiger charge is -1.96. The Morgan fingerprint density at radius 1 is 1.54 bits per heavy atom. The van der Waals surface area contributed by atoms with Crippen molar-refractivity contribution in [2.75, 3.05) is 0 Å². The summed E-state index contributed by atoms with van der Waals surface area (Å²) in [6, 6.07) is 3.40. The average molecular weight is 355 g/mol. The van der Waals surface area contributed by atoms with Crippen molar-refractivity contribution in [2.24, 2.45) is 7.05 Å². The maximum absolute atomic E-state index is 13.4. The van der Waals surface area contributed by atoms with Gasteiger partial charge < -0.3 is 0 Å². The quantitative estimate of drug-likeness (QED) is 0.665. The highest BCUT2D eigenvalue weighted by atomic mass is 127. The lowest BCUT2D eigenvalue weighted by molar-refractivity contribution is 0.624. The SMILES string of the molecule is Cn1nc(Br)c2cc(I)cc(F)c21. The molecule has 0 fully saturated rings. The minimum absolute atomic E-state index is 0.234. The van der Waals surface area contributed by atoms with Gasteiger partial charge in [0, 0.05) is 16.0 Å². The normalized spacial score (nSPS) is 11.1. The fraction of sp³-hybridized carbons (Fsp3) is 0.125. The standard InChI is InChI=1S/C8H5BrFIN2/c1-13-7-5(8(9)12-13)2-4(11)3-6(7)10/h2-3H,1H3. The van der Waals surface area contributed by atoms with E-state index in [1.54, 1.807) is 7.05 Å². The predicted molar refractivity (Wildman–Crippen MR) is 61.1 cm³/mol. The molecular formula is C8H5BrFIN2. The number of hydrogen-bond acceptors (Lipinski definition) is 1. The van der Waals surface area contributed by atoms with E-state index in [0.29, 0.717) is 10.1 Å². The molecule has 0 N–H and O–H groups in total. The predicted octanol–water partition coefficient (Wildman–Crippen LogP) is 3.08. The molecule has 1 heterocycles. The molecule has 0 unspecified atom stereocenters. The Morgan fingerprint density at radius 3 is 2.92 bits per heavy atom. The fourth-order valence-corrected chi connectivity index (χ4v) is 2.41. The number of rotatable bonds is 0. The van der Waals surface area contributed by atoms with Crippen LogP contribution in [-0.2, 0) is 7.05 Å². The van der Waals surface area contributed by atoms with E-state index in [0.717, 1.165) is 8.96 Å². The summed E-state index contributed by atoms with van der Waals surface area (Å²) in [5.41, 5.74) is 0.535. The number of aryl methyl sites for hydroxylation is 1. The van der Waals surface area contributed by atoms with E-state index in [1.807, 2.05) is 6.07 Å². The summed E-state index contributed by atoms with van der Waals surface area (Å²) in [5, 5.41) is 4.89. The van der Waals surface area contributed by atoms with E-state index in [9.17, 15) is 4.39 Å². The van der Waals surface area contributed by atoms with Crippen LogP contribution in [0, 0.1) is 9.39 Å². The molecule has 2 nitrogen and oxygen atoms in total. The van der Waals surface area contributed by atoms with E-state index < -0.39 is 0 Å². The number of hydrogen-bond donors (Lipinski definition) is 0. The smallest absolute Gasteiger partial charge is 0.150 e. The van der Waals surface area contributed by atoms with Gasteiger partial charge in [-0.2, -0.15) is 5.10 Å². The van der Waals surface area contributed by atoms with Gasteiger partial charge in [0.05, 0.1) is 0 Å². The highest BCUT2D eigenvalue weighted by Gasteiger charge is 2.11. The van der Waals surface area contributed by atoms with Crippen LogP contribution in [0.2, 0.25) is 0 Å². The summed E-state index contributed by atoms with van der Waals surface area (Å²) < 4.78 is 16.5. The highest BCUT2D eigenvalue weighted by molar-refractivity contribution is 14.1. The Kier molecular flexibility index (Phi) is 2.31. The van der Waals surface area contributed by atoms with Crippen molar-refractivity contribution >= 4 is 49.4 Å². The molecule has 13 heavy (non-hydrogen) atoms. The molecule has 0 bridgehead atoms. The Morgan fingerprint density at radius 2 is 2.23 bits per heavy atom. The zero-order valence-corrected chi connectivity index (χ0v) is 10.4. The summed E-state index contributed by atoms with van der Waals surface area (Å²) in [7, 11) is 1.73. The molecule has 0 aliphatic heterocycles. The van der Waals surface area contributed by atoms with Crippen LogP contribution in [-0.4, -0.2) is 9.78 Å². The van der Waals surface area contributed by atoms with Gasteiger partial charge >= 0.3 is 0 Å². The second-order valence-electron chi connectivity index (χ2n) is 2.70. The van der Waals surface area contributed by atoms with Gasteiger partial charge in [-0.05, 0) is 50.7 Å². The minimum Gasteiger partial charge on any atom is -0.264 e. The maximum atomic E-state index is 13.4. The van der Waals surface area contributed by atoms with Gasteiger partial charge in [-0.3, -0.25) is 4.68 Å². The van der Waals surface area contributed by atoms with Gasteiger partial charge in [-0.15, -0.1) is 0 Å². The van der Waals surface area contributed by atoms with Crippen LogP contribution >= 0.6 is 38.5 Å². The second kappa shape index (κ2) is 3.20. The van der Waals surface area contributed by atoms with Gasteiger partial charge in [0.1, 0.15) is 15.9 Å². The molecule has 0 spiro atoms. The molecule has 1 aromatic heterocycles. The Labute approximate surface area is 96.4 Å². The van der Waals surface area contributed by atoms with Crippen molar-refractivity contribution in [3.8, 4) is 0 Å². The topological polar surface area (TPSA) is 17.8 Å². The molecule has 2 aromatic rings. The largest absolute Gasteiger partial charge is 0.264 e. The molecule has 2 rings (SSSR count). The van der Waals surface area contributed by atoms with Crippen molar-refractivity contribution in [2.45, 2.75) is 0 Å². The fourth-order valence-electron chi connectivity index (χ4n) is 1.29. The number of nitrogens with zero attached hydrogens (tertiary/aromatic N) is 2. The zero-order valence-electron chi connectivity index (χ0n) is 6.68. The van der Waals surface area contributed by atoms with Crippen molar-refractivity contribution in [1.82, 2.24) is 9.78 Å². The summed E-state index contributed by atoms with van der Waals surface area (Å²) >= 11 is 5.37. The molecule has 0 aliphatic carbocycles. The Bertz CT molecular complexity index is 480. The van der Waals surface area contributed by atoms with Crippen LogP contribution in [0.25, 0.3) is 10.9 Å². The van der Waals surface area contributed by atoms with Crippen molar-refractivity contribution in [3.63, 3.8) is 0 Å². The first-order chi connectivity index (χ1) is 6.09. The van der Waals surface area contributed by atoms with Crippen LogP contribution < -0.4 is 0 Å². The molecule has 0 aliphatic rings. The summed E-state index contributed by atoms with van der Waals surface area (Å²) in [6.07, 6.45) is 0. The monoisotopic (exact) mass is 354 g/mol. The molecular weight excluding hydrogens is 350 g/mol. The van der Waals surface area contributed by atoms with Crippen LogP contribution in [0.5, 0.6) is 0 Å². The number of aromatic nitrogens is 2. The summed E-state index contributed by atoms with van der Waals surface area (Å²) in [5.74, 6) is -0.234. The Hall–Kier alpha value is -0.170. The van der Waals surface area contributed by atoms with Crippen LogP contribution in [0.3, 0.4) is 0 Å². The third kappa shape index (κ3) is 1.48. The van der Waals surface area contributed by atoms with Crippen LogP contribution in [0.1, 0.15) is 0 Å². The van der Waals surface area contributed by atoms with Gasteiger partial charge in [0.25, 0.3) is 0 Å². The van der Waals surface area contributed by atoms with E-state index in [2.05, 4.69) is 43.6 Å². The first-order valence-electron chi connectivity index (χ1n) is 3.57. The van der Waals surface area contributed by atoms with Crippen LogP contribution in [0.15, 0.2) is 16.7 Å². The molecule has 0 atom stereocenters. The van der Waals surface area contributed by atoms with Crippen LogP contribution in [0.4, 0.5) is 4.39 Å². The first kappa shape index (κ1) is 9.39. The average Bonchev–Trinajstić information content (AvgIpc) is 2.27. The van der Waals surface area contributed by atoms with E-state index in [1.165, 1.54) is 10.7 Å². The van der Waals surface area contributed by atoms with Crippen molar-refractivity contribution < 1.29 is 4.39 Å². The highest BCUT2D eigenvalue weighted by Crippen LogP contribution is 2.26. The molecule has 0 saturated heterocycles. The lowest BCUT2D eigenvalue weighted by atomic mass is 10.2.